The SMILES string of the molecule is CCc1c(C)nc2n(c1=O)CC(C(=O)N1CCN(Cc3ccc4c(c3)OCO4)CC1)CS2. The number of carbonyl (C=O) groups is 1. The molecule has 1 atom stereocenters. The van der Waals surface area contributed by atoms with E-state index < -0.39 is 0 Å². The zero-order valence-corrected chi connectivity index (χ0v) is 19.3. The maximum Gasteiger partial charge on any atom is 0.257 e. The molecule has 3 aliphatic heterocycles. The predicted molar refractivity (Wildman–Crippen MR) is 121 cm³/mol. The van der Waals surface area contributed by atoms with E-state index in [-0.39, 0.29) is 24.2 Å². The van der Waals surface area contributed by atoms with E-state index in [1.54, 1.807) is 4.57 Å². The van der Waals surface area contributed by atoms with Crippen LogP contribution >= 0.6 is 11.8 Å². The lowest BCUT2D eigenvalue weighted by Gasteiger charge is -2.37. The summed E-state index contributed by atoms with van der Waals surface area (Å²) in [6.45, 7) is 8.47. The predicted octanol–water partition coefficient (Wildman–Crippen LogP) is 1.91. The highest BCUT2D eigenvalue weighted by Gasteiger charge is 2.32. The Labute approximate surface area is 191 Å². The summed E-state index contributed by atoms with van der Waals surface area (Å²) in [5, 5.41) is 0.738. The molecule has 1 saturated heterocycles. The van der Waals surface area contributed by atoms with Gasteiger partial charge in [0.1, 0.15) is 0 Å². The smallest absolute Gasteiger partial charge is 0.257 e. The molecule has 0 saturated carbocycles. The first-order chi connectivity index (χ1) is 15.5. The minimum absolute atomic E-state index is 0.00791. The molecule has 5 rings (SSSR count). The fourth-order valence-corrected chi connectivity index (χ4v) is 5.75. The number of nitrogens with zero attached hydrogens (tertiary/aromatic N) is 4. The number of piperazine rings is 1. The second-order valence-electron chi connectivity index (χ2n) is 8.52. The minimum atomic E-state index is -0.181. The molecule has 1 aromatic heterocycles. The lowest BCUT2D eigenvalue weighted by molar-refractivity contribution is -0.137. The zero-order valence-electron chi connectivity index (χ0n) is 18.5. The first-order valence-corrected chi connectivity index (χ1v) is 12.1. The summed E-state index contributed by atoms with van der Waals surface area (Å²) in [6, 6.07) is 6.06. The number of hydrogen-bond donors (Lipinski definition) is 0. The van der Waals surface area contributed by atoms with Gasteiger partial charge in [0.25, 0.3) is 5.56 Å². The van der Waals surface area contributed by atoms with Crippen LogP contribution in [0.2, 0.25) is 0 Å². The Hall–Kier alpha value is -2.52. The molecule has 9 heteroatoms. The molecule has 4 heterocycles. The van der Waals surface area contributed by atoms with E-state index in [2.05, 4.69) is 16.0 Å². The third kappa shape index (κ3) is 3.99. The lowest BCUT2D eigenvalue weighted by atomic mass is 10.1. The van der Waals surface area contributed by atoms with Gasteiger partial charge in [-0.25, -0.2) is 4.98 Å². The molecule has 1 unspecified atom stereocenters. The van der Waals surface area contributed by atoms with Gasteiger partial charge < -0.3 is 14.4 Å². The third-order valence-corrected chi connectivity index (χ3v) is 7.62. The number of amides is 1. The first kappa shape index (κ1) is 21.3. The summed E-state index contributed by atoms with van der Waals surface area (Å²) < 4.78 is 12.6. The van der Waals surface area contributed by atoms with Gasteiger partial charge in [0, 0.05) is 56.3 Å². The standard InChI is InChI=1S/C23H28N4O4S/c1-3-18-15(2)24-23-27(22(18)29)12-17(13-32-23)21(28)26-8-6-25(7-9-26)11-16-4-5-19-20(10-16)31-14-30-19/h4-5,10,17H,3,6-9,11-14H2,1-2H3. The van der Waals surface area contributed by atoms with Crippen molar-refractivity contribution in [2.24, 2.45) is 5.92 Å². The van der Waals surface area contributed by atoms with E-state index in [9.17, 15) is 9.59 Å². The quantitative estimate of drug-likeness (QED) is 0.651. The molecule has 8 nitrogen and oxygen atoms in total. The van der Waals surface area contributed by atoms with Crippen molar-refractivity contribution >= 4 is 17.7 Å². The Balaban J connectivity index is 1.19. The molecule has 0 N–H and O–H groups in total. The third-order valence-electron chi connectivity index (χ3n) is 6.48. The van der Waals surface area contributed by atoms with Crippen molar-refractivity contribution in [3.05, 3.63) is 45.4 Å². The van der Waals surface area contributed by atoms with Gasteiger partial charge in [-0.1, -0.05) is 24.8 Å². The van der Waals surface area contributed by atoms with Crippen molar-refractivity contribution < 1.29 is 14.3 Å². The summed E-state index contributed by atoms with van der Waals surface area (Å²) in [5.74, 6) is 2.24. The van der Waals surface area contributed by atoms with Gasteiger partial charge in [-0.05, 0) is 31.0 Å². The number of hydrogen-bond acceptors (Lipinski definition) is 7. The number of fused-ring (bicyclic) bond motifs is 2. The average molecular weight is 457 g/mol. The topological polar surface area (TPSA) is 76.9 Å². The van der Waals surface area contributed by atoms with Crippen LogP contribution in [0.4, 0.5) is 0 Å². The van der Waals surface area contributed by atoms with Crippen LogP contribution in [0, 0.1) is 12.8 Å². The molecule has 0 radical (unpaired) electrons. The number of ether oxygens (including phenoxy) is 2. The van der Waals surface area contributed by atoms with Crippen LogP contribution in [0.5, 0.6) is 11.5 Å². The van der Waals surface area contributed by atoms with Crippen LogP contribution in [0.3, 0.4) is 0 Å². The van der Waals surface area contributed by atoms with Crippen molar-refractivity contribution in [2.75, 3.05) is 38.7 Å². The molecule has 32 heavy (non-hydrogen) atoms. The molecule has 170 valence electrons. The number of rotatable bonds is 4. The fraction of sp³-hybridized carbons (Fsp3) is 0.522. The van der Waals surface area contributed by atoms with Crippen molar-refractivity contribution in [2.45, 2.75) is 38.5 Å². The van der Waals surface area contributed by atoms with Crippen LogP contribution < -0.4 is 15.0 Å². The first-order valence-electron chi connectivity index (χ1n) is 11.2. The zero-order chi connectivity index (χ0) is 22.2. The van der Waals surface area contributed by atoms with Gasteiger partial charge in [0.05, 0.1) is 5.92 Å². The highest BCUT2D eigenvalue weighted by molar-refractivity contribution is 7.99. The average Bonchev–Trinajstić information content (AvgIpc) is 3.27. The summed E-state index contributed by atoms with van der Waals surface area (Å²) in [7, 11) is 0. The molecule has 0 spiro atoms. The van der Waals surface area contributed by atoms with Crippen molar-refractivity contribution in [1.82, 2.24) is 19.4 Å². The van der Waals surface area contributed by atoms with E-state index >= 15 is 0 Å². The molecule has 0 aliphatic carbocycles. The van der Waals surface area contributed by atoms with Crippen molar-refractivity contribution in [3.8, 4) is 11.5 Å². The van der Waals surface area contributed by atoms with Crippen molar-refractivity contribution in [1.29, 1.82) is 0 Å². The maximum absolute atomic E-state index is 13.2. The maximum atomic E-state index is 13.2. The Morgan fingerprint density at radius 3 is 2.75 bits per heavy atom. The molecule has 1 amide bonds. The highest BCUT2D eigenvalue weighted by Crippen LogP contribution is 2.33. The largest absolute Gasteiger partial charge is 0.454 e. The van der Waals surface area contributed by atoms with Gasteiger partial charge >= 0.3 is 0 Å². The molecule has 1 fully saturated rings. The molecule has 0 bridgehead atoms. The summed E-state index contributed by atoms with van der Waals surface area (Å²) in [4.78, 5) is 35.0. The van der Waals surface area contributed by atoms with Gasteiger partial charge in [0.2, 0.25) is 12.7 Å². The molecular weight excluding hydrogens is 428 g/mol. The second-order valence-corrected chi connectivity index (χ2v) is 9.51. The Bertz CT molecular complexity index is 1090. The van der Waals surface area contributed by atoms with E-state index in [4.69, 9.17) is 9.47 Å². The van der Waals surface area contributed by atoms with Gasteiger partial charge in [0.15, 0.2) is 16.7 Å². The molecule has 2 aromatic rings. The molecule has 1 aromatic carbocycles. The van der Waals surface area contributed by atoms with E-state index in [1.807, 2.05) is 30.9 Å². The molecular formula is C23H28N4O4S. The Morgan fingerprint density at radius 2 is 1.97 bits per heavy atom. The number of benzene rings is 1. The monoisotopic (exact) mass is 456 g/mol. The lowest BCUT2D eigenvalue weighted by Crippen LogP contribution is -2.51. The van der Waals surface area contributed by atoms with E-state index in [1.165, 1.54) is 17.3 Å². The van der Waals surface area contributed by atoms with E-state index in [0.717, 1.165) is 47.5 Å². The van der Waals surface area contributed by atoms with Gasteiger partial charge in [-0.3, -0.25) is 19.1 Å². The minimum Gasteiger partial charge on any atom is -0.454 e. The van der Waals surface area contributed by atoms with Crippen LogP contribution in [0.25, 0.3) is 0 Å². The number of thioether (sulfide) groups is 1. The van der Waals surface area contributed by atoms with Crippen LogP contribution in [0.15, 0.2) is 28.2 Å². The van der Waals surface area contributed by atoms with Crippen molar-refractivity contribution in [3.63, 3.8) is 0 Å². The normalized spacial score (nSPS) is 20.3. The Kier molecular flexibility index (Phi) is 5.86. The highest BCUT2D eigenvalue weighted by atomic mass is 32.2. The molecule has 3 aliphatic rings. The number of carbonyl (C=O) groups excluding carboxylic acids is 1. The number of aromatic nitrogens is 2. The van der Waals surface area contributed by atoms with E-state index in [0.29, 0.717) is 31.8 Å². The van der Waals surface area contributed by atoms with Crippen LogP contribution in [0.1, 0.15) is 23.7 Å². The summed E-state index contributed by atoms with van der Waals surface area (Å²) in [5.41, 5.74) is 2.75. The summed E-state index contributed by atoms with van der Waals surface area (Å²) in [6.07, 6.45) is 0.659. The number of aryl methyl sites for hydroxylation is 1. The fourth-order valence-electron chi connectivity index (χ4n) is 4.63. The summed E-state index contributed by atoms with van der Waals surface area (Å²) >= 11 is 1.52. The van der Waals surface area contributed by atoms with Crippen LogP contribution in [-0.4, -0.2) is 64.0 Å². The van der Waals surface area contributed by atoms with Gasteiger partial charge in [-0.2, -0.15) is 0 Å². The Morgan fingerprint density at radius 1 is 1.19 bits per heavy atom. The van der Waals surface area contributed by atoms with Crippen LogP contribution in [-0.2, 0) is 24.3 Å². The van der Waals surface area contributed by atoms with Gasteiger partial charge in [-0.15, -0.1) is 0 Å². The second kappa shape index (κ2) is 8.78.